The van der Waals surface area contributed by atoms with E-state index in [1.165, 1.54) is 27.1 Å². The van der Waals surface area contributed by atoms with Crippen LogP contribution in [0.4, 0.5) is 0 Å². The summed E-state index contributed by atoms with van der Waals surface area (Å²) in [4.78, 5) is 0. The van der Waals surface area contributed by atoms with Crippen molar-refractivity contribution in [3.8, 4) is 0 Å². The van der Waals surface area contributed by atoms with E-state index in [1.807, 2.05) is 50.2 Å². The summed E-state index contributed by atoms with van der Waals surface area (Å²) in [6.45, 7) is 6.14. The fourth-order valence-electron chi connectivity index (χ4n) is 3.06. The molecule has 0 saturated carbocycles. The van der Waals surface area contributed by atoms with E-state index < -0.39 is 0 Å². The molecule has 0 fully saturated rings. The van der Waals surface area contributed by atoms with Crippen LogP contribution in [0.1, 0.15) is 19.4 Å². The van der Waals surface area contributed by atoms with Gasteiger partial charge >= 0.3 is 0 Å². The van der Waals surface area contributed by atoms with Crippen LogP contribution in [-0.2, 0) is 0 Å². The lowest BCUT2D eigenvalue weighted by atomic mass is 10.1. The van der Waals surface area contributed by atoms with Crippen molar-refractivity contribution in [2.45, 2.75) is 20.8 Å². The van der Waals surface area contributed by atoms with Crippen molar-refractivity contribution in [3.05, 3.63) is 96.6 Å². The molecular formula is C25H24O. The predicted molar refractivity (Wildman–Crippen MR) is 114 cm³/mol. The number of hydrogen-bond acceptors (Lipinski definition) is 1. The van der Waals surface area contributed by atoms with Crippen molar-refractivity contribution >= 4 is 32.7 Å². The van der Waals surface area contributed by atoms with Gasteiger partial charge in [0.05, 0.1) is 0 Å². The highest BCUT2D eigenvalue weighted by molar-refractivity contribution is 6.04. The Bertz CT molecular complexity index is 1060. The first-order chi connectivity index (χ1) is 12.8. The molecule has 1 aromatic heterocycles. The molecule has 5 aromatic rings. The molecule has 0 atom stereocenters. The second-order valence-electron chi connectivity index (χ2n) is 5.89. The highest BCUT2D eigenvalue weighted by atomic mass is 16.3. The summed E-state index contributed by atoms with van der Waals surface area (Å²) in [5, 5.41) is 5.07. The van der Waals surface area contributed by atoms with E-state index >= 15 is 0 Å². The lowest BCUT2D eigenvalue weighted by Gasteiger charge is -1.98. The molecule has 0 bridgehead atoms. The number of rotatable bonds is 0. The van der Waals surface area contributed by atoms with Gasteiger partial charge in [0.15, 0.2) is 0 Å². The first-order valence-corrected chi connectivity index (χ1v) is 9.13. The van der Waals surface area contributed by atoms with Gasteiger partial charge in [0.25, 0.3) is 0 Å². The molecule has 130 valence electrons. The van der Waals surface area contributed by atoms with E-state index in [1.54, 1.807) is 0 Å². The highest BCUT2D eigenvalue weighted by Crippen LogP contribution is 2.27. The molecule has 0 unspecified atom stereocenters. The van der Waals surface area contributed by atoms with Crippen molar-refractivity contribution in [1.29, 1.82) is 0 Å². The Morgan fingerprint density at radius 3 is 1.54 bits per heavy atom. The monoisotopic (exact) mass is 340 g/mol. The van der Waals surface area contributed by atoms with Gasteiger partial charge in [-0.25, -0.2) is 0 Å². The molecule has 26 heavy (non-hydrogen) atoms. The number of fused-ring (bicyclic) bond motifs is 4. The Morgan fingerprint density at radius 1 is 0.500 bits per heavy atom. The largest absolute Gasteiger partial charge is 0.456 e. The normalized spacial score (nSPS) is 10.1. The van der Waals surface area contributed by atoms with E-state index in [4.69, 9.17) is 4.42 Å². The van der Waals surface area contributed by atoms with Crippen LogP contribution in [0, 0.1) is 6.92 Å². The van der Waals surface area contributed by atoms with Gasteiger partial charge in [0, 0.05) is 10.8 Å². The van der Waals surface area contributed by atoms with Crippen LogP contribution < -0.4 is 0 Å². The molecule has 1 heteroatoms. The topological polar surface area (TPSA) is 13.1 Å². The average molecular weight is 340 g/mol. The van der Waals surface area contributed by atoms with Crippen molar-refractivity contribution in [2.75, 3.05) is 0 Å². The van der Waals surface area contributed by atoms with Crippen LogP contribution in [0.25, 0.3) is 32.7 Å². The first kappa shape index (κ1) is 17.8. The zero-order valence-corrected chi connectivity index (χ0v) is 15.6. The van der Waals surface area contributed by atoms with Gasteiger partial charge in [0.2, 0.25) is 0 Å². The average Bonchev–Trinajstić information content (AvgIpc) is 3.09. The van der Waals surface area contributed by atoms with Gasteiger partial charge in [-0.3, -0.25) is 0 Å². The van der Waals surface area contributed by atoms with Crippen LogP contribution in [0.15, 0.2) is 95.4 Å². The molecule has 1 heterocycles. The first-order valence-electron chi connectivity index (χ1n) is 9.13. The molecule has 0 aliphatic carbocycles. The van der Waals surface area contributed by atoms with Crippen LogP contribution in [-0.4, -0.2) is 0 Å². The zero-order chi connectivity index (χ0) is 18.4. The maximum absolute atomic E-state index is 5.65. The van der Waals surface area contributed by atoms with Crippen LogP contribution in [0.5, 0.6) is 0 Å². The molecule has 0 amide bonds. The molecule has 0 spiro atoms. The van der Waals surface area contributed by atoms with E-state index in [0.717, 1.165) is 11.2 Å². The fourth-order valence-corrected chi connectivity index (χ4v) is 3.06. The summed E-state index contributed by atoms with van der Waals surface area (Å²) in [6.07, 6.45) is 0. The SMILES string of the molecule is CC.Cc1cccc2ccccc12.c1ccc2c(c1)oc1ccccc12. The van der Waals surface area contributed by atoms with Gasteiger partial charge in [0.1, 0.15) is 11.2 Å². The summed E-state index contributed by atoms with van der Waals surface area (Å²) in [6, 6.07) is 31.0. The van der Waals surface area contributed by atoms with Crippen LogP contribution in [0.3, 0.4) is 0 Å². The Kier molecular flexibility index (Phi) is 5.70. The minimum absolute atomic E-state index is 0.962. The minimum Gasteiger partial charge on any atom is -0.456 e. The Balaban J connectivity index is 0.000000140. The lowest BCUT2D eigenvalue weighted by Crippen LogP contribution is -1.75. The summed E-state index contributed by atoms with van der Waals surface area (Å²) >= 11 is 0. The van der Waals surface area contributed by atoms with Gasteiger partial charge in [-0.15, -0.1) is 0 Å². The van der Waals surface area contributed by atoms with Crippen LogP contribution >= 0.6 is 0 Å². The second kappa shape index (κ2) is 8.35. The molecule has 0 aliphatic heterocycles. The minimum atomic E-state index is 0.962. The van der Waals surface area contributed by atoms with Gasteiger partial charge in [-0.2, -0.15) is 0 Å². The van der Waals surface area contributed by atoms with E-state index in [9.17, 15) is 0 Å². The van der Waals surface area contributed by atoms with Crippen molar-refractivity contribution in [2.24, 2.45) is 0 Å². The number of hydrogen-bond donors (Lipinski definition) is 0. The standard InChI is InChI=1S/C12H8O.C11H10.C2H6/c1-3-7-11-9(5-1)10-6-2-4-8-12(10)13-11;1-9-5-4-7-10-6-2-3-8-11(9)10;1-2/h1-8H;2-8H,1H3;1-2H3. The number of para-hydroxylation sites is 2. The number of benzene rings is 4. The summed E-state index contributed by atoms with van der Waals surface area (Å²) in [5.41, 5.74) is 3.27. The lowest BCUT2D eigenvalue weighted by molar-refractivity contribution is 0.669. The third-order valence-corrected chi connectivity index (χ3v) is 4.29. The predicted octanol–water partition coefficient (Wildman–Crippen LogP) is 7.76. The highest BCUT2D eigenvalue weighted by Gasteiger charge is 2.03. The Hall–Kier alpha value is -3.06. The van der Waals surface area contributed by atoms with Crippen LogP contribution in [0.2, 0.25) is 0 Å². The fraction of sp³-hybridized carbons (Fsp3) is 0.120. The Morgan fingerprint density at radius 2 is 0.962 bits per heavy atom. The van der Waals surface area contributed by atoms with Gasteiger partial charge < -0.3 is 4.42 Å². The summed E-state index contributed by atoms with van der Waals surface area (Å²) < 4.78 is 5.65. The van der Waals surface area contributed by atoms with Crippen molar-refractivity contribution in [1.82, 2.24) is 0 Å². The van der Waals surface area contributed by atoms with E-state index in [0.29, 0.717) is 0 Å². The van der Waals surface area contributed by atoms with E-state index in [2.05, 4.69) is 61.5 Å². The van der Waals surface area contributed by atoms with Gasteiger partial charge in [-0.1, -0.05) is 92.7 Å². The van der Waals surface area contributed by atoms with E-state index in [-0.39, 0.29) is 0 Å². The third kappa shape index (κ3) is 3.62. The number of aryl methyl sites for hydroxylation is 1. The zero-order valence-electron chi connectivity index (χ0n) is 15.6. The molecule has 0 aliphatic rings. The quantitative estimate of drug-likeness (QED) is 0.281. The molecule has 4 aromatic carbocycles. The van der Waals surface area contributed by atoms with Crippen molar-refractivity contribution < 1.29 is 4.42 Å². The maximum Gasteiger partial charge on any atom is 0.135 e. The molecule has 1 nitrogen and oxygen atoms in total. The summed E-state index contributed by atoms with van der Waals surface area (Å²) in [5.74, 6) is 0. The molecule has 5 rings (SSSR count). The molecule has 0 radical (unpaired) electrons. The molecule has 0 saturated heterocycles. The molecular weight excluding hydrogens is 316 g/mol. The summed E-state index contributed by atoms with van der Waals surface area (Å²) in [7, 11) is 0. The van der Waals surface area contributed by atoms with Crippen molar-refractivity contribution in [3.63, 3.8) is 0 Å². The molecule has 0 N–H and O–H groups in total. The second-order valence-corrected chi connectivity index (χ2v) is 5.89. The smallest absolute Gasteiger partial charge is 0.135 e. The number of furan rings is 1. The Labute approximate surface area is 154 Å². The van der Waals surface area contributed by atoms with Gasteiger partial charge in [-0.05, 0) is 35.4 Å². The maximum atomic E-state index is 5.65. The third-order valence-electron chi connectivity index (χ3n) is 4.29.